The fraction of sp³-hybridized carbons (Fsp3) is 0.333. The highest BCUT2D eigenvalue weighted by Crippen LogP contribution is 2.26. The number of nitrogen functional groups attached to an aromatic ring is 1. The number of anilines is 1. The van der Waals surface area contributed by atoms with Crippen molar-refractivity contribution in [3.63, 3.8) is 0 Å². The van der Waals surface area contributed by atoms with Crippen molar-refractivity contribution in [2.75, 3.05) is 17.7 Å². The number of hydrogen-bond acceptors (Lipinski definition) is 4. The lowest BCUT2D eigenvalue weighted by molar-refractivity contribution is -0.384. The molecule has 0 heterocycles. The van der Waals surface area contributed by atoms with Crippen molar-refractivity contribution in [1.82, 2.24) is 0 Å². The van der Waals surface area contributed by atoms with E-state index in [1.165, 1.54) is 18.2 Å². The van der Waals surface area contributed by atoms with Gasteiger partial charge in [-0.1, -0.05) is 15.9 Å². The lowest BCUT2D eigenvalue weighted by Crippen LogP contribution is -2.01. The summed E-state index contributed by atoms with van der Waals surface area (Å²) in [6, 6.07) is 4.16. The fourth-order valence-electron chi connectivity index (χ4n) is 0.998. The van der Waals surface area contributed by atoms with E-state index in [-0.39, 0.29) is 5.69 Å². The number of halogens is 1. The summed E-state index contributed by atoms with van der Waals surface area (Å²) in [7, 11) is 0. The molecular formula is C9H11BrN2O3. The third-order valence-electron chi connectivity index (χ3n) is 1.74. The first-order valence-corrected chi connectivity index (χ1v) is 5.50. The first kappa shape index (κ1) is 11.8. The summed E-state index contributed by atoms with van der Waals surface area (Å²) in [4.78, 5) is 10.0. The molecule has 1 aromatic rings. The minimum Gasteiger partial charge on any atom is -0.491 e. The van der Waals surface area contributed by atoms with Gasteiger partial charge in [-0.15, -0.1) is 0 Å². The topological polar surface area (TPSA) is 78.4 Å². The van der Waals surface area contributed by atoms with Gasteiger partial charge in [0.05, 0.1) is 23.3 Å². The van der Waals surface area contributed by atoms with Crippen LogP contribution in [0.2, 0.25) is 0 Å². The average Bonchev–Trinajstić information content (AvgIpc) is 2.20. The maximum absolute atomic E-state index is 10.5. The van der Waals surface area contributed by atoms with E-state index in [4.69, 9.17) is 10.5 Å². The Morgan fingerprint density at radius 2 is 2.27 bits per heavy atom. The molecule has 0 aliphatic rings. The molecule has 15 heavy (non-hydrogen) atoms. The van der Waals surface area contributed by atoms with Crippen molar-refractivity contribution in [3.05, 3.63) is 28.3 Å². The van der Waals surface area contributed by atoms with E-state index in [1.807, 2.05) is 0 Å². The van der Waals surface area contributed by atoms with Gasteiger partial charge in [0.2, 0.25) is 0 Å². The molecule has 2 N–H and O–H groups in total. The van der Waals surface area contributed by atoms with Crippen LogP contribution in [0.3, 0.4) is 0 Å². The van der Waals surface area contributed by atoms with Crippen LogP contribution in [0.15, 0.2) is 18.2 Å². The van der Waals surface area contributed by atoms with Gasteiger partial charge in [0, 0.05) is 11.4 Å². The second kappa shape index (κ2) is 5.55. The molecule has 0 aromatic heterocycles. The van der Waals surface area contributed by atoms with Crippen LogP contribution >= 0.6 is 15.9 Å². The van der Waals surface area contributed by atoms with Crippen LogP contribution in [0.25, 0.3) is 0 Å². The number of nitrogens with zero attached hydrogens (tertiary/aromatic N) is 1. The molecule has 82 valence electrons. The molecule has 0 saturated heterocycles. The Bertz CT molecular complexity index is 357. The molecule has 0 aliphatic heterocycles. The van der Waals surface area contributed by atoms with Crippen molar-refractivity contribution < 1.29 is 9.66 Å². The van der Waals surface area contributed by atoms with Gasteiger partial charge in [0.15, 0.2) is 0 Å². The summed E-state index contributed by atoms with van der Waals surface area (Å²) < 4.78 is 5.31. The molecule has 5 nitrogen and oxygen atoms in total. The number of benzene rings is 1. The predicted molar refractivity (Wildman–Crippen MR) is 61.4 cm³/mol. The highest BCUT2D eigenvalue weighted by Gasteiger charge is 2.09. The number of nitro groups is 1. The van der Waals surface area contributed by atoms with E-state index < -0.39 is 4.92 Å². The van der Waals surface area contributed by atoms with Crippen LogP contribution in [0.1, 0.15) is 6.42 Å². The van der Waals surface area contributed by atoms with Gasteiger partial charge < -0.3 is 10.5 Å². The molecule has 0 aliphatic carbocycles. The maximum atomic E-state index is 10.5. The summed E-state index contributed by atoms with van der Waals surface area (Å²) in [5, 5.41) is 11.3. The minimum absolute atomic E-state index is 0.0157. The average molecular weight is 275 g/mol. The number of hydrogen-bond donors (Lipinski definition) is 1. The van der Waals surface area contributed by atoms with E-state index in [9.17, 15) is 10.1 Å². The molecule has 0 fully saturated rings. The standard InChI is InChI=1S/C9H11BrN2O3/c10-4-1-5-15-9-6-7(12(13)14)2-3-8(9)11/h2-3,6H,1,4-5,11H2. The number of non-ortho nitro benzene ring substituents is 1. The van der Waals surface area contributed by atoms with Gasteiger partial charge in [-0.05, 0) is 12.5 Å². The SMILES string of the molecule is Nc1ccc([N+](=O)[O-])cc1OCCCBr. The fourth-order valence-corrected chi connectivity index (χ4v) is 1.23. The molecule has 1 rings (SSSR count). The van der Waals surface area contributed by atoms with E-state index in [0.29, 0.717) is 18.0 Å². The second-order valence-electron chi connectivity index (χ2n) is 2.87. The number of nitro benzene ring substituents is 1. The van der Waals surface area contributed by atoms with Gasteiger partial charge in [0.25, 0.3) is 5.69 Å². The second-order valence-corrected chi connectivity index (χ2v) is 3.66. The summed E-state index contributed by atoms with van der Waals surface area (Å²) in [5.74, 6) is 0.366. The molecule has 0 bridgehead atoms. The molecule has 0 unspecified atom stereocenters. The summed E-state index contributed by atoms with van der Waals surface area (Å²) in [6.45, 7) is 0.483. The third kappa shape index (κ3) is 3.39. The Morgan fingerprint density at radius 3 is 2.87 bits per heavy atom. The lowest BCUT2D eigenvalue weighted by atomic mass is 10.2. The van der Waals surface area contributed by atoms with Gasteiger partial charge in [0.1, 0.15) is 5.75 Å². The van der Waals surface area contributed by atoms with Crippen molar-refractivity contribution in [2.24, 2.45) is 0 Å². The third-order valence-corrected chi connectivity index (χ3v) is 2.30. The molecule has 0 saturated carbocycles. The molecular weight excluding hydrogens is 264 g/mol. The molecule has 1 aromatic carbocycles. The van der Waals surface area contributed by atoms with Crippen molar-refractivity contribution in [3.8, 4) is 5.75 Å². The largest absolute Gasteiger partial charge is 0.491 e. The first-order chi connectivity index (χ1) is 7.15. The quantitative estimate of drug-likeness (QED) is 0.294. The van der Waals surface area contributed by atoms with Crippen LogP contribution in [0, 0.1) is 10.1 Å². The van der Waals surface area contributed by atoms with Crippen molar-refractivity contribution in [2.45, 2.75) is 6.42 Å². The van der Waals surface area contributed by atoms with Crippen molar-refractivity contribution in [1.29, 1.82) is 0 Å². The smallest absolute Gasteiger partial charge is 0.273 e. The number of rotatable bonds is 5. The first-order valence-electron chi connectivity index (χ1n) is 4.38. The van der Waals surface area contributed by atoms with Crippen LogP contribution in [-0.4, -0.2) is 16.9 Å². The summed E-state index contributed by atoms with van der Waals surface area (Å²) in [5.41, 5.74) is 6.01. The molecule has 0 spiro atoms. The summed E-state index contributed by atoms with van der Waals surface area (Å²) >= 11 is 3.26. The van der Waals surface area contributed by atoms with Gasteiger partial charge >= 0.3 is 0 Å². The van der Waals surface area contributed by atoms with Crippen molar-refractivity contribution >= 4 is 27.3 Å². The Kier molecular flexibility index (Phi) is 4.36. The van der Waals surface area contributed by atoms with Crippen LogP contribution in [-0.2, 0) is 0 Å². The van der Waals surface area contributed by atoms with Crippen LogP contribution < -0.4 is 10.5 Å². The Balaban J connectivity index is 2.76. The van der Waals surface area contributed by atoms with E-state index >= 15 is 0 Å². The number of ether oxygens (including phenoxy) is 1. The zero-order valence-corrected chi connectivity index (χ0v) is 9.57. The molecule has 0 amide bonds. The maximum Gasteiger partial charge on any atom is 0.273 e. The number of alkyl halides is 1. The molecule has 0 radical (unpaired) electrons. The van der Waals surface area contributed by atoms with Gasteiger partial charge in [-0.25, -0.2) is 0 Å². The normalized spacial score (nSPS) is 9.93. The van der Waals surface area contributed by atoms with E-state index in [0.717, 1.165) is 11.8 Å². The van der Waals surface area contributed by atoms with E-state index in [1.54, 1.807) is 0 Å². The van der Waals surface area contributed by atoms with Crippen LogP contribution in [0.5, 0.6) is 5.75 Å². The summed E-state index contributed by atoms with van der Waals surface area (Å²) in [6.07, 6.45) is 0.822. The zero-order chi connectivity index (χ0) is 11.3. The monoisotopic (exact) mass is 274 g/mol. The Morgan fingerprint density at radius 1 is 1.53 bits per heavy atom. The van der Waals surface area contributed by atoms with Gasteiger partial charge in [-0.2, -0.15) is 0 Å². The van der Waals surface area contributed by atoms with E-state index in [2.05, 4.69) is 15.9 Å². The predicted octanol–water partition coefficient (Wildman–Crippen LogP) is 2.34. The minimum atomic E-state index is -0.475. The Hall–Kier alpha value is -1.30. The lowest BCUT2D eigenvalue weighted by Gasteiger charge is -2.07. The highest BCUT2D eigenvalue weighted by molar-refractivity contribution is 9.09. The number of nitrogens with two attached hydrogens (primary N) is 1. The molecule has 6 heteroatoms. The highest BCUT2D eigenvalue weighted by atomic mass is 79.9. The van der Waals surface area contributed by atoms with Crippen LogP contribution in [0.4, 0.5) is 11.4 Å². The Labute approximate surface area is 95.5 Å². The van der Waals surface area contributed by atoms with Gasteiger partial charge in [-0.3, -0.25) is 10.1 Å². The molecule has 0 atom stereocenters. The zero-order valence-electron chi connectivity index (χ0n) is 7.98.